The second-order valence-corrected chi connectivity index (χ2v) is 5.50. The lowest BCUT2D eigenvalue weighted by Crippen LogP contribution is -2.47. The Bertz CT molecular complexity index is 524. The summed E-state index contributed by atoms with van der Waals surface area (Å²) in [5.74, 6) is -0.000609. The van der Waals surface area contributed by atoms with Crippen LogP contribution in [0.3, 0.4) is 0 Å². The Balaban J connectivity index is 1.89. The van der Waals surface area contributed by atoms with Gasteiger partial charge in [-0.15, -0.1) is 0 Å². The maximum Gasteiger partial charge on any atom is 0.244 e. The molecular weight excluding hydrogens is 280 g/mol. The van der Waals surface area contributed by atoms with Crippen molar-refractivity contribution in [1.29, 1.82) is 0 Å². The average molecular weight is 302 g/mol. The fraction of sp³-hybridized carbons (Fsp3) is 0.412. The number of carbonyl (C=O) groups is 2. The molecule has 1 aliphatic carbocycles. The largest absolute Gasteiger partial charge is 0.395 e. The lowest BCUT2D eigenvalue weighted by Gasteiger charge is -2.17. The molecule has 0 aromatic heterocycles. The highest BCUT2D eigenvalue weighted by atomic mass is 16.3. The van der Waals surface area contributed by atoms with Crippen molar-refractivity contribution in [3.05, 3.63) is 42.0 Å². The van der Waals surface area contributed by atoms with E-state index in [1.807, 2.05) is 30.3 Å². The number of rotatable bonds is 8. The first kappa shape index (κ1) is 16.2. The first-order valence-electron chi connectivity index (χ1n) is 7.61. The molecule has 1 saturated carbocycles. The SMILES string of the molecule is O=C(/C=C/c1ccccc1)N[C@@H](CC1CC1)C(=O)NCCO. The van der Waals surface area contributed by atoms with E-state index in [0.29, 0.717) is 12.3 Å². The number of aliphatic hydroxyl groups is 1. The van der Waals surface area contributed by atoms with Crippen molar-refractivity contribution in [2.24, 2.45) is 5.92 Å². The van der Waals surface area contributed by atoms with Gasteiger partial charge in [-0.3, -0.25) is 9.59 Å². The van der Waals surface area contributed by atoms with Crippen LogP contribution in [-0.4, -0.2) is 36.1 Å². The number of nitrogens with one attached hydrogen (secondary N) is 2. The van der Waals surface area contributed by atoms with E-state index in [2.05, 4.69) is 10.6 Å². The molecular formula is C17H22N2O3. The lowest BCUT2D eigenvalue weighted by atomic mass is 10.1. The van der Waals surface area contributed by atoms with E-state index >= 15 is 0 Å². The van der Waals surface area contributed by atoms with Gasteiger partial charge in [-0.25, -0.2) is 0 Å². The molecule has 2 rings (SSSR count). The van der Waals surface area contributed by atoms with Crippen molar-refractivity contribution in [1.82, 2.24) is 10.6 Å². The zero-order valence-electron chi connectivity index (χ0n) is 12.5. The number of aliphatic hydroxyl groups excluding tert-OH is 1. The molecule has 1 aromatic carbocycles. The molecule has 1 aromatic rings. The van der Waals surface area contributed by atoms with Crippen molar-refractivity contribution in [2.45, 2.75) is 25.3 Å². The maximum atomic E-state index is 12.0. The topological polar surface area (TPSA) is 78.4 Å². The summed E-state index contributed by atoms with van der Waals surface area (Å²) in [5.41, 5.74) is 0.932. The fourth-order valence-electron chi connectivity index (χ4n) is 2.18. The Morgan fingerprint density at radius 2 is 2.00 bits per heavy atom. The van der Waals surface area contributed by atoms with E-state index in [1.54, 1.807) is 6.08 Å². The third kappa shape index (κ3) is 5.69. The van der Waals surface area contributed by atoms with Crippen LogP contribution in [0.2, 0.25) is 0 Å². The Morgan fingerprint density at radius 1 is 1.27 bits per heavy atom. The number of hydrogen-bond acceptors (Lipinski definition) is 3. The quantitative estimate of drug-likeness (QED) is 0.629. The number of carbonyl (C=O) groups excluding carboxylic acids is 2. The van der Waals surface area contributed by atoms with Gasteiger partial charge in [-0.1, -0.05) is 43.2 Å². The Labute approximate surface area is 130 Å². The van der Waals surface area contributed by atoms with Gasteiger partial charge in [-0.05, 0) is 24.0 Å². The number of amides is 2. The van der Waals surface area contributed by atoms with Gasteiger partial charge in [0.15, 0.2) is 0 Å². The summed E-state index contributed by atoms with van der Waals surface area (Å²) >= 11 is 0. The van der Waals surface area contributed by atoms with Crippen LogP contribution in [0.15, 0.2) is 36.4 Å². The summed E-state index contributed by atoms with van der Waals surface area (Å²) in [5, 5.41) is 14.1. The van der Waals surface area contributed by atoms with Crippen LogP contribution >= 0.6 is 0 Å². The average Bonchev–Trinajstić information content (AvgIpc) is 3.35. The molecule has 0 bridgehead atoms. The molecule has 3 N–H and O–H groups in total. The molecule has 0 radical (unpaired) electrons. The van der Waals surface area contributed by atoms with E-state index in [-0.39, 0.29) is 25.0 Å². The van der Waals surface area contributed by atoms with Gasteiger partial charge < -0.3 is 15.7 Å². The van der Waals surface area contributed by atoms with Crippen molar-refractivity contribution >= 4 is 17.9 Å². The minimum atomic E-state index is -0.535. The Morgan fingerprint density at radius 3 is 2.64 bits per heavy atom. The van der Waals surface area contributed by atoms with Gasteiger partial charge in [-0.2, -0.15) is 0 Å². The smallest absolute Gasteiger partial charge is 0.244 e. The highest BCUT2D eigenvalue weighted by molar-refractivity contribution is 5.95. The third-order valence-corrected chi connectivity index (χ3v) is 3.54. The molecule has 118 valence electrons. The second kappa shape index (κ2) is 8.34. The summed E-state index contributed by atoms with van der Waals surface area (Å²) in [6.45, 7) is 0.0967. The predicted octanol–water partition coefficient (Wildman–Crippen LogP) is 1.09. The second-order valence-electron chi connectivity index (χ2n) is 5.50. The molecule has 5 heteroatoms. The molecule has 1 aliphatic rings. The normalized spacial score (nSPS) is 15.5. The van der Waals surface area contributed by atoms with Crippen molar-refractivity contribution < 1.29 is 14.7 Å². The molecule has 0 aliphatic heterocycles. The molecule has 0 unspecified atom stereocenters. The van der Waals surface area contributed by atoms with Gasteiger partial charge in [0.2, 0.25) is 11.8 Å². The molecule has 1 atom stereocenters. The van der Waals surface area contributed by atoms with E-state index in [0.717, 1.165) is 18.4 Å². The van der Waals surface area contributed by atoms with Crippen LogP contribution in [0.5, 0.6) is 0 Å². The molecule has 5 nitrogen and oxygen atoms in total. The minimum Gasteiger partial charge on any atom is -0.395 e. The highest BCUT2D eigenvalue weighted by Crippen LogP contribution is 2.33. The van der Waals surface area contributed by atoms with Gasteiger partial charge >= 0.3 is 0 Å². The summed E-state index contributed by atoms with van der Waals surface area (Å²) < 4.78 is 0. The molecule has 0 heterocycles. The van der Waals surface area contributed by atoms with Crippen molar-refractivity contribution in [3.8, 4) is 0 Å². The molecule has 0 saturated heterocycles. The number of benzene rings is 1. The van der Waals surface area contributed by atoms with Gasteiger partial charge in [0.05, 0.1) is 6.61 Å². The summed E-state index contributed by atoms with van der Waals surface area (Å²) in [6, 6.07) is 8.98. The zero-order valence-corrected chi connectivity index (χ0v) is 12.5. The summed E-state index contributed by atoms with van der Waals surface area (Å²) in [6.07, 6.45) is 6.03. The van der Waals surface area contributed by atoms with Crippen LogP contribution in [0, 0.1) is 5.92 Å². The van der Waals surface area contributed by atoms with Gasteiger partial charge in [0.25, 0.3) is 0 Å². The van der Waals surface area contributed by atoms with Gasteiger partial charge in [0, 0.05) is 12.6 Å². The molecule has 0 spiro atoms. The van der Waals surface area contributed by atoms with E-state index < -0.39 is 6.04 Å². The maximum absolute atomic E-state index is 12.0. The fourth-order valence-corrected chi connectivity index (χ4v) is 2.18. The predicted molar refractivity (Wildman–Crippen MR) is 84.8 cm³/mol. The Kier molecular flexibility index (Phi) is 6.15. The summed E-state index contributed by atoms with van der Waals surface area (Å²) in [7, 11) is 0. The third-order valence-electron chi connectivity index (χ3n) is 3.54. The van der Waals surface area contributed by atoms with Crippen LogP contribution in [-0.2, 0) is 9.59 Å². The summed E-state index contributed by atoms with van der Waals surface area (Å²) in [4.78, 5) is 24.0. The highest BCUT2D eigenvalue weighted by Gasteiger charge is 2.29. The Hall–Kier alpha value is -2.14. The molecule has 2 amide bonds. The van der Waals surface area contributed by atoms with Crippen molar-refractivity contribution in [2.75, 3.05) is 13.2 Å². The van der Waals surface area contributed by atoms with Crippen LogP contribution in [0.4, 0.5) is 0 Å². The van der Waals surface area contributed by atoms with E-state index in [1.165, 1.54) is 6.08 Å². The molecule has 22 heavy (non-hydrogen) atoms. The monoisotopic (exact) mass is 302 g/mol. The van der Waals surface area contributed by atoms with Crippen LogP contribution in [0.1, 0.15) is 24.8 Å². The molecule has 1 fully saturated rings. The van der Waals surface area contributed by atoms with E-state index in [9.17, 15) is 9.59 Å². The van der Waals surface area contributed by atoms with Crippen LogP contribution < -0.4 is 10.6 Å². The first-order chi connectivity index (χ1) is 10.7. The minimum absolute atomic E-state index is 0.107. The van der Waals surface area contributed by atoms with Crippen LogP contribution in [0.25, 0.3) is 6.08 Å². The standard InChI is InChI=1S/C17H22N2O3/c20-11-10-18-17(22)15(12-14-6-7-14)19-16(21)9-8-13-4-2-1-3-5-13/h1-5,8-9,14-15,20H,6-7,10-12H2,(H,18,22)(H,19,21)/b9-8+/t15-/m0/s1. The van der Waals surface area contributed by atoms with E-state index in [4.69, 9.17) is 5.11 Å². The lowest BCUT2D eigenvalue weighted by molar-refractivity contribution is -0.127. The first-order valence-corrected chi connectivity index (χ1v) is 7.61. The zero-order chi connectivity index (χ0) is 15.8. The number of hydrogen-bond donors (Lipinski definition) is 3. The van der Waals surface area contributed by atoms with Gasteiger partial charge in [0.1, 0.15) is 6.04 Å². The van der Waals surface area contributed by atoms with Crippen molar-refractivity contribution in [3.63, 3.8) is 0 Å².